The second kappa shape index (κ2) is 8.43. The molecule has 8 heteroatoms. The van der Waals surface area contributed by atoms with Crippen molar-refractivity contribution in [3.05, 3.63) is 45.8 Å². The maximum Gasteiger partial charge on any atom is 0.288 e. The van der Waals surface area contributed by atoms with Crippen LogP contribution >= 0.6 is 11.6 Å². The number of nitrogens with zero attached hydrogens (tertiary/aromatic N) is 3. The molecule has 32 heavy (non-hydrogen) atoms. The maximum absolute atomic E-state index is 12.8. The molecule has 1 aromatic carbocycles. The smallest absolute Gasteiger partial charge is 0.288 e. The molecular formula is C24H32ClN5O2. The van der Waals surface area contributed by atoms with Gasteiger partial charge in [0.2, 0.25) is 5.91 Å². The topological polar surface area (TPSA) is 79.3 Å². The zero-order valence-corrected chi connectivity index (χ0v) is 20.1. The Labute approximate surface area is 194 Å². The fourth-order valence-electron chi connectivity index (χ4n) is 5.42. The Morgan fingerprint density at radius 1 is 1.31 bits per heavy atom. The molecule has 0 radical (unpaired) electrons. The van der Waals surface area contributed by atoms with Gasteiger partial charge in [0.05, 0.1) is 11.9 Å². The predicted molar refractivity (Wildman–Crippen MR) is 129 cm³/mol. The van der Waals surface area contributed by atoms with Crippen LogP contribution in [-0.2, 0) is 11.3 Å². The number of hydrogen-bond acceptors (Lipinski definition) is 5. The van der Waals surface area contributed by atoms with E-state index in [4.69, 9.17) is 11.6 Å². The van der Waals surface area contributed by atoms with Crippen molar-refractivity contribution in [1.29, 1.82) is 0 Å². The molecule has 3 aliphatic carbocycles. The predicted octanol–water partition coefficient (Wildman–Crippen LogP) is 4.08. The molecule has 3 saturated carbocycles. The summed E-state index contributed by atoms with van der Waals surface area (Å²) in [5, 5.41) is 10.6. The molecular weight excluding hydrogens is 426 g/mol. The van der Waals surface area contributed by atoms with Crippen LogP contribution in [0.2, 0.25) is 5.02 Å². The van der Waals surface area contributed by atoms with Crippen molar-refractivity contribution >= 4 is 34.6 Å². The summed E-state index contributed by atoms with van der Waals surface area (Å²) in [5.74, 6) is 1.54. The summed E-state index contributed by atoms with van der Waals surface area (Å²) in [4.78, 5) is 27.2. The molecule has 3 fully saturated rings. The van der Waals surface area contributed by atoms with Crippen molar-refractivity contribution < 1.29 is 4.79 Å². The van der Waals surface area contributed by atoms with Gasteiger partial charge in [-0.15, -0.1) is 0 Å². The van der Waals surface area contributed by atoms with Crippen LogP contribution in [0.25, 0.3) is 0 Å². The van der Waals surface area contributed by atoms with E-state index in [-0.39, 0.29) is 23.5 Å². The summed E-state index contributed by atoms with van der Waals surface area (Å²) in [6, 6.07) is 7.76. The average Bonchev–Trinajstić information content (AvgIpc) is 2.74. The molecule has 7 nitrogen and oxygen atoms in total. The van der Waals surface area contributed by atoms with Gasteiger partial charge in [0, 0.05) is 31.5 Å². The number of aromatic nitrogens is 2. The van der Waals surface area contributed by atoms with Crippen molar-refractivity contribution in [3.8, 4) is 0 Å². The monoisotopic (exact) mass is 457 g/mol. The molecule has 5 rings (SSSR count). The molecule has 1 amide bonds. The highest BCUT2D eigenvalue weighted by atomic mass is 35.5. The van der Waals surface area contributed by atoms with Crippen molar-refractivity contribution in [2.75, 3.05) is 29.6 Å². The molecule has 1 aromatic heterocycles. The van der Waals surface area contributed by atoms with Crippen LogP contribution in [0.4, 0.5) is 17.1 Å². The van der Waals surface area contributed by atoms with E-state index in [9.17, 15) is 9.59 Å². The Morgan fingerprint density at radius 2 is 2.06 bits per heavy atom. The van der Waals surface area contributed by atoms with E-state index in [0.29, 0.717) is 34.5 Å². The van der Waals surface area contributed by atoms with Crippen molar-refractivity contribution in [2.45, 2.75) is 46.2 Å². The van der Waals surface area contributed by atoms with Crippen LogP contribution in [0.3, 0.4) is 0 Å². The Kier molecular flexibility index (Phi) is 5.96. The van der Waals surface area contributed by atoms with Crippen LogP contribution < -0.4 is 21.1 Å². The summed E-state index contributed by atoms with van der Waals surface area (Å²) in [6.07, 6.45) is 3.91. The first-order chi connectivity index (χ1) is 15.1. The Balaban J connectivity index is 1.42. The molecule has 1 heterocycles. The minimum atomic E-state index is -0.470. The lowest BCUT2D eigenvalue weighted by molar-refractivity contribution is -0.117. The molecule has 172 valence electrons. The van der Waals surface area contributed by atoms with Crippen molar-refractivity contribution in [1.82, 2.24) is 9.78 Å². The van der Waals surface area contributed by atoms with E-state index in [0.717, 1.165) is 16.8 Å². The molecule has 0 saturated heterocycles. The number of carbonyl (C=O) groups is 1. The van der Waals surface area contributed by atoms with E-state index < -0.39 is 5.56 Å². The van der Waals surface area contributed by atoms with Gasteiger partial charge in [-0.05, 0) is 54.2 Å². The lowest BCUT2D eigenvalue weighted by Gasteiger charge is -2.62. The van der Waals surface area contributed by atoms with Gasteiger partial charge in [-0.2, -0.15) is 5.10 Å². The highest BCUT2D eigenvalue weighted by molar-refractivity contribution is 6.32. The number of fused-ring (bicyclic) bond motifs is 2. The Bertz CT molecular complexity index is 1080. The molecule has 0 unspecified atom stereocenters. The maximum atomic E-state index is 12.8. The van der Waals surface area contributed by atoms with Gasteiger partial charge < -0.3 is 15.5 Å². The van der Waals surface area contributed by atoms with E-state index in [2.05, 4.69) is 36.5 Å². The summed E-state index contributed by atoms with van der Waals surface area (Å²) in [6.45, 7) is 6.78. The van der Waals surface area contributed by atoms with Gasteiger partial charge in [-0.25, -0.2) is 4.68 Å². The molecule has 4 atom stereocenters. The van der Waals surface area contributed by atoms with E-state index >= 15 is 0 Å². The number of halogens is 1. The lowest BCUT2D eigenvalue weighted by Crippen LogP contribution is -2.58. The summed E-state index contributed by atoms with van der Waals surface area (Å²) >= 11 is 6.40. The number of nitrogens with one attached hydrogen (secondary N) is 2. The molecule has 0 aliphatic heterocycles. The number of amides is 1. The van der Waals surface area contributed by atoms with Gasteiger partial charge in [0.1, 0.15) is 11.6 Å². The quantitative estimate of drug-likeness (QED) is 0.683. The number of benzene rings is 1. The summed E-state index contributed by atoms with van der Waals surface area (Å²) in [7, 11) is 3.86. The first-order valence-corrected chi connectivity index (χ1v) is 11.5. The largest absolute Gasteiger partial charge is 0.379 e. The third kappa shape index (κ3) is 4.10. The second-order valence-electron chi connectivity index (χ2n) is 10.0. The van der Waals surface area contributed by atoms with E-state index in [1.54, 1.807) is 12.3 Å². The summed E-state index contributed by atoms with van der Waals surface area (Å²) in [5.41, 5.74) is 2.09. The van der Waals surface area contributed by atoms with Gasteiger partial charge in [-0.1, -0.05) is 38.4 Å². The third-order valence-corrected chi connectivity index (χ3v) is 7.98. The molecule has 2 aromatic rings. The Morgan fingerprint density at radius 3 is 2.72 bits per heavy atom. The van der Waals surface area contributed by atoms with Gasteiger partial charge in [0.25, 0.3) is 5.56 Å². The van der Waals surface area contributed by atoms with Crippen molar-refractivity contribution in [3.63, 3.8) is 0 Å². The first-order valence-electron chi connectivity index (χ1n) is 11.2. The SMILES string of the molecule is C[C@H]1[C@H](Nc2cnn(CC(=O)Nc3cccc(N(C)C)c3)c(=O)c2Cl)C[C@H]2C[C@@H]1C2(C)C. The minimum absolute atomic E-state index is 0.0770. The zero-order valence-electron chi connectivity index (χ0n) is 19.4. The lowest BCUT2D eigenvalue weighted by atomic mass is 9.45. The number of rotatable bonds is 6. The first kappa shape index (κ1) is 22.6. The standard InChI is InChI=1S/C24H32ClN5O2/c1-14-18-9-15(24(18,2)3)10-19(14)28-20-12-26-30(23(32)22(20)25)13-21(31)27-16-7-6-8-17(11-16)29(4)5/h6-8,11-12,14-15,18-19,28H,9-10,13H2,1-5H3,(H,27,31)/t14-,15-,18+,19-/m1/s1. The van der Waals surface area contributed by atoms with Crippen LogP contribution in [0.1, 0.15) is 33.6 Å². The normalized spacial score (nSPS) is 25.6. The van der Waals surface area contributed by atoms with Gasteiger partial charge in [0.15, 0.2) is 0 Å². The zero-order chi connectivity index (χ0) is 23.2. The van der Waals surface area contributed by atoms with Crippen LogP contribution in [0.15, 0.2) is 35.3 Å². The number of anilines is 3. The van der Waals surface area contributed by atoms with E-state index in [1.807, 2.05) is 37.2 Å². The highest BCUT2D eigenvalue weighted by Crippen LogP contribution is 2.61. The molecule has 3 aliphatic rings. The van der Waals surface area contributed by atoms with Crippen LogP contribution in [-0.4, -0.2) is 35.8 Å². The molecule has 2 bridgehead atoms. The fraction of sp³-hybridized carbons (Fsp3) is 0.542. The third-order valence-electron chi connectivity index (χ3n) is 7.62. The van der Waals surface area contributed by atoms with E-state index in [1.165, 1.54) is 6.42 Å². The van der Waals surface area contributed by atoms with Crippen LogP contribution in [0.5, 0.6) is 0 Å². The number of carbonyl (C=O) groups excluding carboxylic acids is 1. The molecule has 2 N–H and O–H groups in total. The average molecular weight is 458 g/mol. The van der Waals surface area contributed by atoms with Gasteiger partial charge in [-0.3, -0.25) is 9.59 Å². The molecule has 0 spiro atoms. The van der Waals surface area contributed by atoms with Crippen molar-refractivity contribution in [2.24, 2.45) is 23.2 Å². The second-order valence-corrected chi connectivity index (χ2v) is 10.4. The van der Waals surface area contributed by atoms with Crippen LogP contribution in [0, 0.1) is 23.2 Å². The number of hydrogen-bond donors (Lipinski definition) is 2. The minimum Gasteiger partial charge on any atom is -0.379 e. The Hall–Kier alpha value is -2.54. The summed E-state index contributed by atoms with van der Waals surface area (Å²) < 4.78 is 1.10. The fourth-order valence-corrected chi connectivity index (χ4v) is 5.62. The van der Waals surface area contributed by atoms with Gasteiger partial charge >= 0.3 is 0 Å². The highest BCUT2D eigenvalue weighted by Gasteiger charge is 2.56.